The van der Waals surface area contributed by atoms with Gasteiger partial charge in [0.05, 0.1) is 39.1 Å². The first kappa shape index (κ1) is 64.3. The lowest BCUT2D eigenvalue weighted by Crippen LogP contribution is -2.66. The summed E-state index contributed by atoms with van der Waals surface area (Å²) in [6.07, 6.45) is -68.5. The Morgan fingerprint density at radius 2 is 0.433 bits per heavy atom. The molecule has 0 rings (SSSR count). The first-order chi connectivity index (χ1) is 28.9. The Morgan fingerprint density at radius 3 is 0.582 bits per heavy atom. The minimum Gasteiger partial charge on any atom is -0.314 e. The summed E-state index contributed by atoms with van der Waals surface area (Å²) in [7, 11) is 0. The molecule has 0 fully saturated rings. The van der Waals surface area contributed by atoms with Crippen molar-refractivity contribution in [3.8, 4) is 0 Å². The molecule has 0 aliphatic rings. The highest BCUT2D eigenvalue weighted by molar-refractivity contribution is 5.06. The molecule has 0 aliphatic heterocycles. The summed E-state index contributed by atoms with van der Waals surface area (Å²) in [6.45, 7) is -15.5. The van der Waals surface area contributed by atoms with E-state index in [9.17, 15) is 158 Å². The number of nitrogens with zero attached hydrogens (tertiary/aromatic N) is 1. The summed E-state index contributed by atoms with van der Waals surface area (Å²) in [4.78, 5) is -0.744. The Labute approximate surface area is 345 Å². The maximum Gasteiger partial charge on any atom is 0.426 e. The van der Waals surface area contributed by atoms with Gasteiger partial charge in [0.15, 0.2) is 18.5 Å². The SMILES string of the molecule is FC(CC(F)(F)F)C(F)(F)C(F)(F)C(F)(F)C(F)(F)OCCN(CCOC(F)(F)C(F)(F)C(F)(F)C(F)(F)C(F)CC(F)(F)F)CCOC(F)(F)C(F)(F)C(F)(F)C(F)(F)C(F)CC(F)(F)F. The highest BCUT2D eigenvalue weighted by Gasteiger charge is 2.86. The van der Waals surface area contributed by atoms with Crippen LogP contribution in [0.3, 0.4) is 0 Å². The molecule has 40 heteroatoms. The van der Waals surface area contributed by atoms with Crippen LogP contribution in [-0.2, 0) is 14.2 Å². The fourth-order valence-electron chi connectivity index (χ4n) is 4.28. The average Bonchev–Trinajstić information content (AvgIpc) is 3.08. The zero-order valence-corrected chi connectivity index (χ0v) is 30.9. The number of hydrogen-bond acceptors (Lipinski definition) is 4. The van der Waals surface area contributed by atoms with Crippen LogP contribution >= 0.6 is 0 Å². The topological polar surface area (TPSA) is 30.9 Å². The van der Waals surface area contributed by atoms with Crippen molar-refractivity contribution in [2.75, 3.05) is 39.5 Å². The zero-order chi connectivity index (χ0) is 54.3. The van der Waals surface area contributed by atoms with Crippen LogP contribution in [0.15, 0.2) is 0 Å². The van der Waals surface area contributed by atoms with E-state index in [1.165, 1.54) is 0 Å². The van der Waals surface area contributed by atoms with E-state index >= 15 is 0 Å². The normalized spacial score (nSPS) is 17.3. The molecular weight excluding hydrogens is 1070 g/mol. The average molecular weight is 1090 g/mol. The third kappa shape index (κ3) is 13.6. The second-order valence-electron chi connectivity index (χ2n) is 13.1. The molecule has 0 N–H and O–H groups in total. The van der Waals surface area contributed by atoms with E-state index in [2.05, 4.69) is 14.2 Å². The first-order valence-corrected chi connectivity index (χ1v) is 16.2. The molecule has 0 heterocycles. The summed E-state index contributed by atoms with van der Waals surface area (Å²) < 4.78 is 492. The Morgan fingerprint density at radius 1 is 0.269 bits per heavy atom. The van der Waals surface area contributed by atoms with E-state index in [1.54, 1.807) is 0 Å². The van der Waals surface area contributed by atoms with Gasteiger partial charge in [-0.3, -0.25) is 4.90 Å². The van der Waals surface area contributed by atoms with Crippen molar-refractivity contribution in [1.29, 1.82) is 0 Å². The molecule has 0 saturated heterocycles. The molecule has 0 spiro atoms. The number of ether oxygens (including phenoxy) is 3. The molecule has 3 atom stereocenters. The van der Waals surface area contributed by atoms with Crippen LogP contribution in [0.4, 0.5) is 158 Å². The molecule has 0 amide bonds. The smallest absolute Gasteiger partial charge is 0.314 e. The number of halogens is 36. The number of alkyl halides is 36. The van der Waals surface area contributed by atoms with Crippen LogP contribution in [0.25, 0.3) is 0 Å². The van der Waals surface area contributed by atoms with Gasteiger partial charge in [-0.1, -0.05) is 0 Å². The highest BCUT2D eigenvalue weighted by atomic mass is 19.4. The molecule has 0 radical (unpaired) electrons. The van der Waals surface area contributed by atoms with Crippen molar-refractivity contribution < 1.29 is 172 Å². The van der Waals surface area contributed by atoms with E-state index in [1.807, 2.05) is 0 Å². The molecule has 0 aromatic heterocycles. The molecule has 0 bridgehead atoms. The minimum atomic E-state index is -8.00. The van der Waals surface area contributed by atoms with Crippen molar-refractivity contribution in [3.63, 3.8) is 0 Å². The second-order valence-corrected chi connectivity index (χ2v) is 13.1. The Bertz CT molecular complexity index is 1390. The molecule has 404 valence electrons. The Balaban J connectivity index is 6.79. The molecule has 67 heavy (non-hydrogen) atoms. The molecule has 4 nitrogen and oxygen atoms in total. The number of hydrogen-bond donors (Lipinski definition) is 0. The quantitative estimate of drug-likeness (QED) is 0.0767. The molecule has 3 unspecified atom stereocenters. The van der Waals surface area contributed by atoms with Gasteiger partial charge in [-0.25, -0.2) is 13.2 Å². The van der Waals surface area contributed by atoms with E-state index in [0.29, 0.717) is 0 Å². The summed E-state index contributed by atoms with van der Waals surface area (Å²) >= 11 is 0. The van der Waals surface area contributed by atoms with Gasteiger partial charge >= 0.3 is 90.2 Å². The lowest BCUT2D eigenvalue weighted by molar-refractivity contribution is -0.434. The third-order valence-electron chi connectivity index (χ3n) is 8.02. The van der Waals surface area contributed by atoms with Crippen LogP contribution < -0.4 is 0 Å². The second kappa shape index (κ2) is 19.8. The molecule has 0 aliphatic carbocycles. The maximum absolute atomic E-state index is 14.1. The van der Waals surface area contributed by atoms with Crippen molar-refractivity contribution in [2.45, 2.75) is 128 Å². The lowest BCUT2D eigenvalue weighted by Gasteiger charge is -2.38. The molecular formula is C27H21F36NO3. The fourth-order valence-corrected chi connectivity index (χ4v) is 4.28. The monoisotopic (exact) mass is 1090 g/mol. The van der Waals surface area contributed by atoms with Gasteiger partial charge in [0.1, 0.15) is 0 Å². The van der Waals surface area contributed by atoms with E-state index in [4.69, 9.17) is 0 Å². The van der Waals surface area contributed by atoms with Crippen molar-refractivity contribution >= 4 is 0 Å². The van der Waals surface area contributed by atoms with Crippen LogP contribution in [0.5, 0.6) is 0 Å². The first-order valence-electron chi connectivity index (χ1n) is 16.2. The van der Waals surface area contributed by atoms with Crippen molar-refractivity contribution in [1.82, 2.24) is 4.90 Å². The molecule has 0 saturated carbocycles. The Kier molecular flexibility index (Phi) is 19.1. The highest BCUT2D eigenvalue weighted by Crippen LogP contribution is 2.58. The van der Waals surface area contributed by atoms with Gasteiger partial charge in [0.25, 0.3) is 0 Å². The fraction of sp³-hybridized carbons (Fsp3) is 1.00. The van der Waals surface area contributed by atoms with Gasteiger partial charge in [0, 0.05) is 19.6 Å². The number of rotatable bonds is 27. The third-order valence-corrected chi connectivity index (χ3v) is 8.02. The van der Waals surface area contributed by atoms with Gasteiger partial charge < -0.3 is 14.2 Å². The minimum absolute atomic E-state index is 0.744. The summed E-state index contributed by atoms with van der Waals surface area (Å²) in [5, 5.41) is 0. The standard InChI is InChI=1S/C27H21F36NO3/c28-10(7-13(31,32)33)16(40,41)19(46,47)22(52,53)25(58,59)65-4-1-64(2-5-66-26(60,61)23(54,55)20(48,49)17(42,43)11(29)8-14(34,35)36)3-6-67-27(62,63)24(56,57)21(50,51)18(44,45)12(30)9-15(37,38)39/h10-12H,1-9H2. The summed E-state index contributed by atoms with van der Waals surface area (Å²) in [5.74, 6) is -70.2. The van der Waals surface area contributed by atoms with Crippen molar-refractivity contribution in [3.05, 3.63) is 0 Å². The van der Waals surface area contributed by atoms with Gasteiger partial charge in [0.2, 0.25) is 0 Å². The van der Waals surface area contributed by atoms with Gasteiger partial charge in [-0.05, 0) is 0 Å². The van der Waals surface area contributed by atoms with Crippen LogP contribution in [0.1, 0.15) is 19.3 Å². The Hall–Kier alpha value is -2.68. The predicted octanol–water partition coefficient (Wildman–Crippen LogP) is 12.7. The summed E-state index contributed by atoms with van der Waals surface area (Å²) in [6, 6.07) is 0. The van der Waals surface area contributed by atoms with Crippen LogP contribution in [0, 0.1) is 0 Å². The van der Waals surface area contributed by atoms with Gasteiger partial charge in [-0.2, -0.15) is 145 Å². The van der Waals surface area contributed by atoms with Crippen LogP contribution in [-0.4, -0.2) is 153 Å². The predicted molar refractivity (Wildman–Crippen MR) is 140 cm³/mol. The van der Waals surface area contributed by atoms with E-state index in [0.717, 1.165) is 0 Å². The maximum atomic E-state index is 14.1. The molecule has 0 aromatic rings. The van der Waals surface area contributed by atoms with Crippen molar-refractivity contribution in [2.24, 2.45) is 0 Å². The lowest BCUT2D eigenvalue weighted by atomic mass is 9.97. The van der Waals surface area contributed by atoms with Gasteiger partial charge in [-0.15, -0.1) is 0 Å². The summed E-state index contributed by atoms with van der Waals surface area (Å²) in [5.41, 5.74) is 0. The van der Waals surface area contributed by atoms with E-state index < -0.39 is 172 Å². The largest absolute Gasteiger partial charge is 0.426 e. The van der Waals surface area contributed by atoms with E-state index in [-0.39, 0.29) is 0 Å². The zero-order valence-electron chi connectivity index (χ0n) is 30.9. The van der Waals surface area contributed by atoms with Crippen LogP contribution in [0.2, 0.25) is 0 Å². The molecule has 0 aromatic carbocycles.